The minimum absolute atomic E-state index is 0. The molecule has 0 bridgehead atoms. The molecule has 1 rings (SSSR count). The van der Waals surface area contributed by atoms with E-state index in [4.69, 9.17) is 0 Å². The van der Waals surface area contributed by atoms with Crippen molar-refractivity contribution in [2.24, 2.45) is 0 Å². The standard InChI is InChI=1S/C6H6.CH3Br.5FH/c1-2-4-6-5-3-1;1-2;;;;;/h1-6H;1H3;5*1H. The number of hydrogen-bond acceptors (Lipinski definition) is 0. The first kappa shape index (κ1) is 39.5. The SMILES string of the molecule is CBr.F.F.F.F.F.c1ccccc1. The molecule has 1 aromatic rings. The van der Waals surface area contributed by atoms with Crippen molar-refractivity contribution in [3.8, 4) is 0 Å². The Labute approximate surface area is 82.3 Å². The molecule has 0 amide bonds. The Morgan fingerprint density at radius 3 is 0.615 bits per heavy atom. The Bertz CT molecular complexity index is 88.8. The summed E-state index contributed by atoms with van der Waals surface area (Å²) >= 11 is 2.94. The fraction of sp³-hybridized carbons (Fsp3) is 0.143. The van der Waals surface area contributed by atoms with Gasteiger partial charge in [0.2, 0.25) is 0 Å². The van der Waals surface area contributed by atoms with Crippen LogP contribution in [0.1, 0.15) is 0 Å². The predicted octanol–water partition coefficient (Wildman–Crippen LogP) is 3.46. The highest BCUT2D eigenvalue weighted by Gasteiger charge is 1.57. The van der Waals surface area contributed by atoms with Gasteiger partial charge in [0.25, 0.3) is 0 Å². The van der Waals surface area contributed by atoms with Crippen LogP contribution in [0.5, 0.6) is 0 Å². The molecule has 1 aromatic carbocycles. The summed E-state index contributed by atoms with van der Waals surface area (Å²) in [7, 11) is 0. The zero-order valence-corrected chi connectivity index (χ0v) is 8.47. The summed E-state index contributed by atoms with van der Waals surface area (Å²) in [5.74, 6) is 1.81. The van der Waals surface area contributed by atoms with Crippen molar-refractivity contribution in [1.82, 2.24) is 0 Å². The van der Waals surface area contributed by atoms with E-state index in [2.05, 4.69) is 15.9 Å². The van der Waals surface area contributed by atoms with Gasteiger partial charge in [-0.1, -0.05) is 52.3 Å². The minimum Gasteiger partial charge on any atom is -0.269 e. The number of halogens is 6. The molecular weight excluding hydrogens is 259 g/mol. The molecule has 0 aliphatic rings. The van der Waals surface area contributed by atoms with E-state index in [1.165, 1.54) is 0 Å². The van der Waals surface area contributed by atoms with E-state index in [1.54, 1.807) is 0 Å². The van der Waals surface area contributed by atoms with Crippen LogP contribution in [-0.2, 0) is 0 Å². The largest absolute Gasteiger partial charge is 0.269 e. The minimum atomic E-state index is 0. The van der Waals surface area contributed by atoms with Crippen LogP contribution in [0, 0.1) is 0 Å². The lowest BCUT2D eigenvalue weighted by Gasteiger charge is -1.69. The highest BCUT2D eigenvalue weighted by atomic mass is 79.9. The van der Waals surface area contributed by atoms with Crippen molar-refractivity contribution in [1.29, 1.82) is 0 Å². The average molecular weight is 273 g/mol. The van der Waals surface area contributed by atoms with Gasteiger partial charge in [-0.2, -0.15) is 0 Å². The molecule has 84 valence electrons. The predicted molar refractivity (Wildman–Crippen MR) is 53.8 cm³/mol. The molecule has 0 radical (unpaired) electrons. The van der Waals surface area contributed by atoms with E-state index in [0.29, 0.717) is 0 Å². The van der Waals surface area contributed by atoms with E-state index in [0.717, 1.165) is 0 Å². The van der Waals surface area contributed by atoms with Crippen LogP contribution < -0.4 is 0 Å². The van der Waals surface area contributed by atoms with Gasteiger partial charge >= 0.3 is 0 Å². The number of rotatable bonds is 0. The lowest BCUT2D eigenvalue weighted by molar-refractivity contribution is 1.11. The molecule has 6 heteroatoms. The first-order chi connectivity index (χ1) is 4.00. The van der Waals surface area contributed by atoms with Gasteiger partial charge in [-0.15, -0.1) is 0 Å². The van der Waals surface area contributed by atoms with Gasteiger partial charge in [0, 0.05) is 0 Å². The molecule has 0 fully saturated rings. The van der Waals surface area contributed by atoms with Gasteiger partial charge in [-0.25, -0.2) is 0 Å². The molecule has 0 aliphatic carbocycles. The third-order valence-corrected chi connectivity index (χ3v) is 0.667. The molecular formula is C7H14BrF5. The van der Waals surface area contributed by atoms with E-state index < -0.39 is 0 Å². The van der Waals surface area contributed by atoms with Crippen molar-refractivity contribution in [3.05, 3.63) is 36.4 Å². The van der Waals surface area contributed by atoms with Crippen LogP contribution in [0.4, 0.5) is 23.5 Å². The summed E-state index contributed by atoms with van der Waals surface area (Å²) in [5, 5.41) is 0. The zero-order valence-electron chi connectivity index (χ0n) is 6.88. The molecule has 0 saturated heterocycles. The summed E-state index contributed by atoms with van der Waals surface area (Å²) in [4.78, 5) is 0. The number of alkyl halides is 1. The Morgan fingerprint density at radius 2 is 0.538 bits per heavy atom. The molecule has 13 heavy (non-hydrogen) atoms. The van der Waals surface area contributed by atoms with Crippen LogP contribution >= 0.6 is 15.9 Å². The first-order valence-electron chi connectivity index (χ1n) is 2.38. The lowest BCUT2D eigenvalue weighted by Crippen LogP contribution is -1.47. The molecule has 0 atom stereocenters. The fourth-order valence-corrected chi connectivity index (χ4v) is 0.385. The second-order valence-corrected chi connectivity index (χ2v) is 1.15. The smallest absolute Gasteiger partial charge is 0.00848 e. The monoisotopic (exact) mass is 272 g/mol. The number of benzene rings is 1. The van der Waals surface area contributed by atoms with E-state index in [9.17, 15) is 0 Å². The van der Waals surface area contributed by atoms with Crippen molar-refractivity contribution >= 4 is 15.9 Å². The zero-order chi connectivity index (χ0) is 6.24. The molecule has 0 spiro atoms. The Hall–Kier alpha value is -0.650. The summed E-state index contributed by atoms with van der Waals surface area (Å²) in [6.07, 6.45) is 0. The van der Waals surface area contributed by atoms with E-state index in [1.807, 2.05) is 42.2 Å². The summed E-state index contributed by atoms with van der Waals surface area (Å²) in [5.41, 5.74) is 0. The third-order valence-electron chi connectivity index (χ3n) is 0.667. The average Bonchev–Trinajstić information content (AvgIpc) is 1.96. The normalized spacial score (nSPS) is 4.15. The van der Waals surface area contributed by atoms with Crippen LogP contribution in [0.2, 0.25) is 0 Å². The fourth-order valence-electron chi connectivity index (χ4n) is 0.385. The number of hydrogen-bond donors (Lipinski definition) is 0. The molecule has 0 nitrogen and oxygen atoms in total. The second-order valence-electron chi connectivity index (χ2n) is 1.15. The highest BCUT2D eigenvalue weighted by Crippen LogP contribution is 1.79. The van der Waals surface area contributed by atoms with Gasteiger partial charge in [0.15, 0.2) is 0 Å². The van der Waals surface area contributed by atoms with Crippen molar-refractivity contribution in [2.45, 2.75) is 0 Å². The van der Waals surface area contributed by atoms with Gasteiger partial charge in [-0.3, -0.25) is 23.5 Å². The van der Waals surface area contributed by atoms with Crippen molar-refractivity contribution < 1.29 is 23.5 Å². The van der Waals surface area contributed by atoms with E-state index >= 15 is 0 Å². The molecule has 0 unspecified atom stereocenters. The second kappa shape index (κ2) is 42.5. The van der Waals surface area contributed by atoms with Crippen LogP contribution in [0.15, 0.2) is 36.4 Å². The molecule has 0 aromatic heterocycles. The Morgan fingerprint density at radius 1 is 0.462 bits per heavy atom. The van der Waals surface area contributed by atoms with Gasteiger partial charge in [0.05, 0.1) is 0 Å². The van der Waals surface area contributed by atoms with E-state index in [-0.39, 0.29) is 23.5 Å². The van der Waals surface area contributed by atoms with Crippen molar-refractivity contribution in [2.75, 3.05) is 5.83 Å². The molecule has 0 N–H and O–H groups in total. The summed E-state index contributed by atoms with van der Waals surface area (Å²) in [6, 6.07) is 12.0. The quantitative estimate of drug-likeness (QED) is 0.501. The van der Waals surface area contributed by atoms with Crippen LogP contribution in [0.3, 0.4) is 0 Å². The van der Waals surface area contributed by atoms with Gasteiger partial charge in [-0.05, 0) is 5.83 Å². The Kier molecular flexibility index (Phi) is 129. The lowest BCUT2D eigenvalue weighted by atomic mass is 10.4. The van der Waals surface area contributed by atoms with Gasteiger partial charge < -0.3 is 0 Å². The maximum absolute atomic E-state index is 2.94. The maximum atomic E-state index is 2.94. The third kappa shape index (κ3) is 34.7. The highest BCUT2D eigenvalue weighted by molar-refractivity contribution is 9.08. The summed E-state index contributed by atoms with van der Waals surface area (Å²) < 4.78 is 0. The topological polar surface area (TPSA) is 0 Å². The Balaban J connectivity index is -0.0000000166. The molecule has 0 saturated carbocycles. The first-order valence-corrected chi connectivity index (χ1v) is 3.96. The van der Waals surface area contributed by atoms with Crippen LogP contribution in [-0.4, -0.2) is 5.83 Å². The molecule has 0 heterocycles. The van der Waals surface area contributed by atoms with Gasteiger partial charge in [0.1, 0.15) is 0 Å². The maximum Gasteiger partial charge on any atom is -0.00848 e. The summed E-state index contributed by atoms with van der Waals surface area (Å²) in [6.45, 7) is 0. The van der Waals surface area contributed by atoms with Crippen LogP contribution in [0.25, 0.3) is 0 Å². The van der Waals surface area contributed by atoms with Crippen molar-refractivity contribution in [3.63, 3.8) is 0 Å². The molecule has 0 aliphatic heterocycles.